The first kappa shape index (κ1) is 20.2. The van der Waals surface area contributed by atoms with E-state index in [1.165, 1.54) is 13.2 Å². The molecule has 0 bridgehead atoms. The van der Waals surface area contributed by atoms with Crippen molar-refractivity contribution in [3.63, 3.8) is 0 Å². The molecule has 1 aliphatic rings. The maximum absolute atomic E-state index is 12.8. The number of ether oxygens (including phenoxy) is 2. The summed E-state index contributed by atoms with van der Waals surface area (Å²) in [5.74, 6) is 0.904. The summed E-state index contributed by atoms with van der Waals surface area (Å²) in [5.41, 5.74) is 7.08. The van der Waals surface area contributed by atoms with E-state index in [-0.39, 0.29) is 30.0 Å². The Morgan fingerprint density at radius 2 is 2.04 bits per heavy atom. The Labute approximate surface area is 164 Å². The van der Waals surface area contributed by atoms with Crippen LogP contribution in [0.25, 0.3) is 0 Å². The highest BCUT2D eigenvalue weighted by molar-refractivity contribution is 6.33. The molecule has 1 atom stereocenters. The van der Waals surface area contributed by atoms with Gasteiger partial charge in [-0.1, -0.05) is 29.8 Å². The first-order valence-electron chi connectivity index (χ1n) is 8.02. The van der Waals surface area contributed by atoms with Crippen LogP contribution in [0.4, 0.5) is 5.69 Å². The van der Waals surface area contributed by atoms with E-state index in [0.29, 0.717) is 28.4 Å². The van der Waals surface area contributed by atoms with Crippen molar-refractivity contribution < 1.29 is 14.3 Å². The van der Waals surface area contributed by atoms with Gasteiger partial charge in [-0.2, -0.15) is 0 Å². The summed E-state index contributed by atoms with van der Waals surface area (Å²) in [6, 6.07) is 10.6. The van der Waals surface area contributed by atoms with Gasteiger partial charge in [-0.05, 0) is 26.0 Å². The minimum atomic E-state index is -0.380. The van der Waals surface area contributed by atoms with Crippen LogP contribution in [0.2, 0.25) is 5.02 Å². The standard InChI is InChI=1S/C19H21ClN2O3.ClH/c1-19(2)10-15(11-6-4-5-7-16(11)25-19)22-18(23)12-8-13(20)14(21)9-17(12)24-3;/h4-9,15H,10,21H2,1-3H3,(H,22,23);1H. The van der Waals surface area contributed by atoms with E-state index in [0.717, 1.165) is 11.3 Å². The minimum Gasteiger partial charge on any atom is -0.496 e. The highest BCUT2D eigenvalue weighted by atomic mass is 35.5. The summed E-state index contributed by atoms with van der Waals surface area (Å²) in [4.78, 5) is 12.8. The molecule has 3 N–H and O–H groups in total. The highest BCUT2D eigenvalue weighted by Gasteiger charge is 2.34. The zero-order valence-corrected chi connectivity index (χ0v) is 16.4. The number of carbonyl (C=O) groups is 1. The van der Waals surface area contributed by atoms with Crippen LogP contribution in [0.1, 0.15) is 42.2 Å². The van der Waals surface area contributed by atoms with Gasteiger partial charge >= 0.3 is 0 Å². The molecule has 2 aromatic rings. The molecule has 1 amide bonds. The second-order valence-electron chi connectivity index (χ2n) is 6.70. The van der Waals surface area contributed by atoms with Gasteiger partial charge in [-0.15, -0.1) is 12.4 Å². The number of amides is 1. The van der Waals surface area contributed by atoms with Gasteiger partial charge in [0.05, 0.1) is 29.4 Å². The quantitative estimate of drug-likeness (QED) is 0.754. The van der Waals surface area contributed by atoms with Crippen molar-refractivity contribution in [3.05, 3.63) is 52.5 Å². The molecule has 26 heavy (non-hydrogen) atoms. The fraction of sp³-hybridized carbons (Fsp3) is 0.316. The first-order chi connectivity index (χ1) is 11.8. The summed E-state index contributed by atoms with van der Waals surface area (Å²) in [6.07, 6.45) is 0.654. The molecule has 0 spiro atoms. The number of halogens is 2. The predicted molar refractivity (Wildman–Crippen MR) is 106 cm³/mol. The van der Waals surface area contributed by atoms with Crippen molar-refractivity contribution in [1.29, 1.82) is 0 Å². The average Bonchev–Trinajstić information content (AvgIpc) is 2.55. The van der Waals surface area contributed by atoms with Crippen molar-refractivity contribution in [3.8, 4) is 11.5 Å². The number of hydrogen-bond acceptors (Lipinski definition) is 4. The number of anilines is 1. The van der Waals surface area contributed by atoms with Gasteiger partial charge in [0.1, 0.15) is 17.1 Å². The van der Waals surface area contributed by atoms with Gasteiger partial charge in [0.25, 0.3) is 5.91 Å². The molecule has 0 saturated carbocycles. The van der Waals surface area contributed by atoms with Crippen molar-refractivity contribution in [2.75, 3.05) is 12.8 Å². The van der Waals surface area contributed by atoms with Crippen LogP contribution in [0.15, 0.2) is 36.4 Å². The predicted octanol–water partition coefficient (Wildman–Crippen LogP) is 4.38. The molecule has 1 heterocycles. The molecule has 0 radical (unpaired) electrons. The molecule has 1 aliphatic heterocycles. The summed E-state index contributed by atoms with van der Waals surface area (Å²) in [5, 5.41) is 3.39. The van der Waals surface area contributed by atoms with Crippen LogP contribution in [0, 0.1) is 0 Å². The Morgan fingerprint density at radius 1 is 1.35 bits per heavy atom. The highest BCUT2D eigenvalue weighted by Crippen LogP contribution is 2.39. The normalized spacial score (nSPS) is 17.3. The maximum Gasteiger partial charge on any atom is 0.255 e. The lowest BCUT2D eigenvalue weighted by molar-refractivity contribution is 0.0619. The fourth-order valence-corrected chi connectivity index (χ4v) is 3.25. The molecule has 7 heteroatoms. The number of nitrogen functional groups attached to an aromatic ring is 1. The summed E-state index contributed by atoms with van der Waals surface area (Å²) >= 11 is 6.08. The van der Waals surface area contributed by atoms with Crippen LogP contribution in [0.3, 0.4) is 0 Å². The summed E-state index contributed by atoms with van der Waals surface area (Å²) < 4.78 is 11.3. The smallest absolute Gasteiger partial charge is 0.255 e. The van der Waals surface area contributed by atoms with Crippen molar-refractivity contribution in [2.24, 2.45) is 0 Å². The minimum absolute atomic E-state index is 0. The molecule has 0 aromatic heterocycles. The molecule has 0 saturated heterocycles. The zero-order valence-electron chi connectivity index (χ0n) is 14.8. The molecular formula is C19H22Cl2N2O3. The van der Waals surface area contributed by atoms with E-state index in [1.807, 2.05) is 38.1 Å². The van der Waals surface area contributed by atoms with Crippen molar-refractivity contribution in [1.82, 2.24) is 5.32 Å². The van der Waals surface area contributed by atoms with Crippen LogP contribution in [-0.2, 0) is 0 Å². The second kappa shape index (κ2) is 7.64. The van der Waals surface area contributed by atoms with Crippen LogP contribution < -0.4 is 20.5 Å². The van der Waals surface area contributed by atoms with E-state index in [4.69, 9.17) is 26.8 Å². The molecule has 0 fully saturated rings. The van der Waals surface area contributed by atoms with Crippen molar-refractivity contribution >= 4 is 35.6 Å². The lowest BCUT2D eigenvalue weighted by Crippen LogP contribution is -2.41. The number of para-hydroxylation sites is 1. The Morgan fingerprint density at radius 3 is 2.73 bits per heavy atom. The third kappa shape index (κ3) is 4.00. The molecule has 140 valence electrons. The molecule has 5 nitrogen and oxygen atoms in total. The van der Waals surface area contributed by atoms with Gasteiger partial charge in [-0.25, -0.2) is 0 Å². The largest absolute Gasteiger partial charge is 0.496 e. The second-order valence-corrected chi connectivity index (χ2v) is 7.11. The van der Waals surface area contributed by atoms with Gasteiger partial charge in [0, 0.05) is 18.1 Å². The molecule has 2 aromatic carbocycles. The molecule has 0 aliphatic carbocycles. The number of fused-ring (bicyclic) bond motifs is 1. The molecular weight excluding hydrogens is 375 g/mol. The number of nitrogens with two attached hydrogens (primary N) is 1. The average molecular weight is 397 g/mol. The van der Waals surface area contributed by atoms with Crippen LogP contribution >= 0.6 is 24.0 Å². The van der Waals surface area contributed by atoms with E-state index >= 15 is 0 Å². The number of rotatable bonds is 3. The summed E-state index contributed by atoms with van der Waals surface area (Å²) in [6.45, 7) is 4.01. The van der Waals surface area contributed by atoms with Gasteiger partial charge < -0.3 is 20.5 Å². The Balaban J connectivity index is 0.00000243. The molecule has 1 unspecified atom stereocenters. The van der Waals surface area contributed by atoms with Gasteiger partial charge in [0.2, 0.25) is 0 Å². The third-order valence-electron chi connectivity index (χ3n) is 4.25. The third-order valence-corrected chi connectivity index (χ3v) is 4.57. The lowest BCUT2D eigenvalue weighted by Gasteiger charge is -2.37. The summed E-state index contributed by atoms with van der Waals surface area (Å²) in [7, 11) is 1.49. The fourth-order valence-electron chi connectivity index (χ4n) is 3.08. The lowest BCUT2D eigenvalue weighted by atomic mass is 9.89. The number of hydrogen-bond donors (Lipinski definition) is 2. The van der Waals surface area contributed by atoms with Crippen molar-refractivity contribution in [2.45, 2.75) is 31.9 Å². The van der Waals surface area contributed by atoms with Crippen LogP contribution in [-0.4, -0.2) is 18.6 Å². The number of carbonyl (C=O) groups excluding carboxylic acids is 1. The van der Waals surface area contributed by atoms with E-state index < -0.39 is 0 Å². The molecule has 3 rings (SSSR count). The number of nitrogens with one attached hydrogen (secondary N) is 1. The SMILES string of the molecule is COc1cc(N)c(Cl)cc1C(=O)NC1CC(C)(C)Oc2ccccc21.Cl. The van der Waals surface area contributed by atoms with Gasteiger partial charge in [-0.3, -0.25) is 4.79 Å². The Kier molecular flexibility index (Phi) is 5.94. The Bertz CT molecular complexity index is 824. The van der Waals surface area contributed by atoms with E-state index in [1.54, 1.807) is 6.07 Å². The number of methoxy groups -OCH3 is 1. The van der Waals surface area contributed by atoms with Crippen LogP contribution in [0.5, 0.6) is 11.5 Å². The van der Waals surface area contributed by atoms with E-state index in [2.05, 4.69) is 5.32 Å². The van der Waals surface area contributed by atoms with E-state index in [9.17, 15) is 4.79 Å². The zero-order chi connectivity index (χ0) is 18.2. The topological polar surface area (TPSA) is 73.6 Å². The maximum atomic E-state index is 12.8. The monoisotopic (exact) mass is 396 g/mol. The van der Waals surface area contributed by atoms with Gasteiger partial charge in [0.15, 0.2) is 0 Å². The number of benzene rings is 2. The Hall–Kier alpha value is -2.11. The first-order valence-corrected chi connectivity index (χ1v) is 8.40.